The zero-order valence-corrected chi connectivity index (χ0v) is 13.2. The van der Waals surface area contributed by atoms with Crippen LogP contribution in [0.3, 0.4) is 0 Å². The van der Waals surface area contributed by atoms with E-state index < -0.39 is 5.97 Å². The summed E-state index contributed by atoms with van der Waals surface area (Å²) in [6.45, 7) is 0. The first-order valence-corrected chi connectivity index (χ1v) is 7.54. The molecule has 2 aromatic rings. The third kappa shape index (κ3) is 3.68. The molecule has 1 aliphatic heterocycles. The Morgan fingerprint density at radius 2 is 1.88 bits per heavy atom. The number of ether oxygens (including phenoxy) is 2. The highest BCUT2D eigenvalue weighted by atomic mass is 19.1. The van der Waals surface area contributed by atoms with Crippen LogP contribution in [0, 0.1) is 5.82 Å². The molecule has 0 N–H and O–H groups in total. The predicted molar refractivity (Wildman–Crippen MR) is 89.2 cm³/mol. The topological polar surface area (TPSA) is 47.9 Å². The van der Waals surface area contributed by atoms with Gasteiger partial charge < -0.3 is 9.47 Å². The van der Waals surface area contributed by atoms with Gasteiger partial charge in [0, 0.05) is 12.0 Å². The highest BCUT2D eigenvalue weighted by Crippen LogP contribution is 2.23. The fraction of sp³-hybridized carbons (Fsp3) is 0.158. The second-order valence-corrected chi connectivity index (χ2v) is 5.29. The third-order valence-corrected chi connectivity index (χ3v) is 3.64. The fourth-order valence-corrected chi connectivity index (χ4v) is 2.40. The number of esters is 1. The fourth-order valence-electron chi connectivity index (χ4n) is 2.40. The molecule has 0 atom stereocenters. The molecule has 2 aromatic carbocycles. The van der Waals surface area contributed by atoms with Crippen LogP contribution >= 0.6 is 0 Å². The molecule has 1 heterocycles. The summed E-state index contributed by atoms with van der Waals surface area (Å²) in [5.74, 6) is 0.277. The van der Waals surface area contributed by atoms with E-state index in [0.717, 1.165) is 11.1 Å². The maximum Gasteiger partial charge on any atom is 0.363 e. The molecule has 24 heavy (non-hydrogen) atoms. The summed E-state index contributed by atoms with van der Waals surface area (Å²) < 4.78 is 23.3. The number of aliphatic imine (C=N–C) groups is 1. The summed E-state index contributed by atoms with van der Waals surface area (Å²) in [7, 11) is 1.57. The minimum Gasteiger partial charge on any atom is -0.496 e. The number of para-hydroxylation sites is 1. The number of carbonyl (C=O) groups excluding carboxylic acids is 1. The first kappa shape index (κ1) is 15.9. The van der Waals surface area contributed by atoms with Crippen molar-refractivity contribution in [2.75, 3.05) is 7.11 Å². The van der Waals surface area contributed by atoms with E-state index >= 15 is 0 Å². The Labute approximate surface area is 139 Å². The van der Waals surface area contributed by atoms with Crippen molar-refractivity contribution < 1.29 is 18.7 Å². The van der Waals surface area contributed by atoms with Gasteiger partial charge in [-0.05, 0) is 36.3 Å². The predicted octanol–water partition coefficient (Wildman–Crippen LogP) is 3.76. The van der Waals surface area contributed by atoms with Crippen LogP contribution in [0.5, 0.6) is 5.75 Å². The molecule has 122 valence electrons. The zero-order valence-electron chi connectivity index (χ0n) is 13.2. The average molecular weight is 325 g/mol. The normalized spacial score (nSPS) is 15.3. The molecule has 1 aliphatic rings. The van der Waals surface area contributed by atoms with E-state index in [1.165, 1.54) is 12.1 Å². The van der Waals surface area contributed by atoms with E-state index in [9.17, 15) is 9.18 Å². The molecule has 0 fully saturated rings. The second-order valence-electron chi connectivity index (χ2n) is 5.29. The second kappa shape index (κ2) is 7.08. The Balaban J connectivity index is 1.73. The molecule has 0 unspecified atom stereocenters. The monoisotopic (exact) mass is 325 g/mol. The van der Waals surface area contributed by atoms with Gasteiger partial charge in [-0.25, -0.2) is 14.2 Å². The Morgan fingerprint density at radius 1 is 1.12 bits per heavy atom. The van der Waals surface area contributed by atoms with Crippen LogP contribution in [-0.2, 0) is 16.0 Å². The molecule has 0 radical (unpaired) electrons. The number of hydrogen-bond acceptors (Lipinski definition) is 4. The lowest BCUT2D eigenvalue weighted by Crippen LogP contribution is -2.05. The molecule has 0 spiro atoms. The van der Waals surface area contributed by atoms with Crippen molar-refractivity contribution in [2.24, 2.45) is 4.99 Å². The number of carbonyl (C=O) groups is 1. The van der Waals surface area contributed by atoms with Crippen LogP contribution in [0.1, 0.15) is 17.5 Å². The molecule has 5 heteroatoms. The number of halogens is 1. The molecule has 0 bridgehead atoms. The van der Waals surface area contributed by atoms with Crippen LogP contribution < -0.4 is 4.74 Å². The number of rotatable bonds is 5. The van der Waals surface area contributed by atoms with E-state index in [4.69, 9.17) is 9.47 Å². The molecule has 0 amide bonds. The molecular formula is C19H16FNO3. The lowest BCUT2D eigenvalue weighted by molar-refractivity contribution is -0.130. The molecule has 3 rings (SSSR count). The third-order valence-electron chi connectivity index (χ3n) is 3.64. The minimum atomic E-state index is -0.477. The van der Waals surface area contributed by atoms with Crippen molar-refractivity contribution in [3.05, 3.63) is 71.2 Å². The highest BCUT2D eigenvalue weighted by Gasteiger charge is 2.23. The largest absolute Gasteiger partial charge is 0.496 e. The Kier molecular flexibility index (Phi) is 4.70. The summed E-state index contributed by atoms with van der Waals surface area (Å²) in [4.78, 5) is 16.2. The van der Waals surface area contributed by atoms with Crippen LogP contribution in [0.15, 0.2) is 59.2 Å². The van der Waals surface area contributed by atoms with Gasteiger partial charge in [0.05, 0.1) is 7.11 Å². The van der Waals surface area contributed by atoms with Gasteiger partial charge in [-0.15, -0.1) is 0 Å². The van der Waals surface area contributed by atoms with Gasteiger partial charge in [-0.3, -0.25) is 0 Å². The van der Waals surface area contributed by atoms with Gasteiger partial charge in [0.1, 0.15) is 11.6 Å². The van der Waals surface area contributed by atoms with Crippen molar-refractivity contribution in [1.82, 2.24) is 0 Å². The summed E-state index contributed by atoms with van der Waals surface area (Å²) in [5.41, 5.74) is 1.96. The van der Waals surface area contributed by atoms with Crippen LogP contribution in [0.25, 0.3) is 6.08 Å². The number of hydrogen-bond donors (Lipinski definition) is 0. The Hall–Kier alpha value is -2.95. The summed E-state index contributed by atoms with van der Waals surface area (Å²) in [5, 5.41) is 0. The minimum absolute atomic E-state index is 0.244. The quantitative estimate of drug-likeness (QED) is 0.621. The van der Waals surface area contributed by atoms with Gasteiger partial charge in [0.25, 0.3) is 0 Å². The number of aryl methyl sites for hydroxylation is 1. The van der Waals surface area contributed by atoms with E-state index in [1.807, 2.05) is 24.3 Å². The van der Waals surface area contributed by atoms with Crippen molar-refractivity contribution >= 4 is 17.9 Å². The van der Waals surface area contributed by atoms with E-state index in [-0.39, 0.29) is 11.5 Å². The first-order chi connectivity index (χ1) is 11.7. The maximum atomic E-state index is 12.9. The molecule has 0 aliphatic carbocycles. The van der Waals surface area contributed by atoms with Crippen molar-refractivity contribution in [2.45, 2.75) is 12.8 Å². The van der Waals surface area contributed by atoms with Gasteiger partial charge in [0.2, 0.25) is 0 Å². The summed E-state index contributed by atoms with van der Waals surface area (Å²) in [6.07, 6.45) is 2.74. The van der Waals surface area contributed by atoms with Gasteiger partial charge in [-0.2, -0.15) is 0 Å². The van der Waals surface area contributed by atoms with E-state index in [1.54, 1.807) is 25.3 Å². The standard InChI is InChI=1S/C19H16FNO3/c1-23-17-5-3-2-4-14(17)12-16-19(22)24-18(21-16)11-8-13-6-9-15(20)10-7-13/h2-7,9-10,12H,8,11H2,1H3/b16-12-. The summed E-state index contributed by atoms with van der Waals surface area (Å²) >= 11 is 0. The SMILES string of the molecule is COc1ccccc1/C=C1\N=C(CCc2ccc(F)cc2)OC1=O. The number of cyclic esters (lactones) is 1. The molecule has 4 nitrogen and oxygen atoms in total. The molecule has 0 saturated heterocycles. The Bertz CT molecular complexity index is 810. The zero-order chi connectivity index (χ0) is 16.9. The number of benzene rings is 2. The van der Waals surface area contributed by atoms with E-state index in [0.29, 0.717) is 24.5 Å². The smallest absolute Gasteiger partial charge is 0.363 e. The molecule has 0 aromatic heterocycles. The number of nitrogens with zero attached hydrogens (tertiary/aromatic N) is 1. The lowest BCUT2D eigenvalue weighted by atomic mass is 10.1. The van der Waals surface area contributed by atoms with Crippen molar-refractivity contribution in [3.63, 3.8) is 0 Å². The average Bonchev–Trinajstić information content (AvgIpc) is 2.95. The molecule has 0 saturated carbocycles. The van der Waals surface area contributed by atoms with E-state index in [2.05, 4.69) is 4.99 Å². The van der Waals surface area contributed by atoms with Crippen LogP contribution in [-0.4, -0.2) is 19.0 Å². The van der Waals surface area contributed by atoms with Gasteiger partial charge in [0.15, 0.2) is 11.6 Å². The van der Waals surface area contributed by atoms with Crippen LogP contribution in [0.2, 0.25) is 0 Å². The molecular weight excluding hydrogens is 309 g/mol. The van der Waals surface area contributed by atoms with Crippen LogP contribution in [0.4, 0.5) is 4.39 Å². The summed E-state index contributed by atoms with van der Waals surface area (Å²) in [6, 6.07) is 13.6. The van der Waals surface area contributed by atoms with Gasteiger partial charge >= 0.3 is 5.97 Å². The van der Waals surface area contributed by atoms with Crippen molar-refractivity contribution in [1.29, 1.82) is 0 Å². The number of methoxy groups -OCH3 is 1. The lowest BCUT2D eigenvalue weighted by Gasteiger charge is -2.03. The first-order valence-electron chi connectivity index (χ1n) is 7.54. The van der Waals surface area contributed by atoms with Gasteiger partial charge in [-0.1, -0.05) is 30.3 Å². The van der Waals surface area contributed by atoms with Crippen molar-refractivity contribution in [3.8, 4) is 5.75 Å². The highest BCUT2D eigenvalue weighted by molar-refractivity contribution is 6.07. The Morgan fingerprint density at radius 3 is 2.62 bits per heavy atom. The maximum absolute atomic E-state index is 12.9.